The van der Waals surface area contributed by atoms with Crippen molar-refractivity contribution < 1.29 is 9.21 Å². The molecule has 0 saturated heterocycles. The molecule has 0 bridgehead atoms. The Bertz CT molecular complexity index is 886. The molecule has 1 atom stereocenters. The highest BCUT2D eigenvalue weighted by atomic mass is 32.2. The van der Waals surface area contributed by atoms with Crippen molar-refractivity contribution in [1.29, 1.82) is 0 Å². The van der Waals surface area contributed by atoms with Crippen LogP contribution in [-0.4, -0.2) is 22.8 Å². The predicted molar refractivity (Wildman–Crippen MR) is 95.4 cm³/mol. The fourth-order valence-electron chi connectivity index (χ4n) is 2.48. The van der Waals surface area contributed by atoms with Crippen molar-refractivity contribution in [3.05, 3.63) is 65.1 Å². The van der Waals surface area contributed by atoms with Crippen LogP contribution in [0.25, 0.3) is 11.1 Å². The SMILES string of the molecule is C[C@H](C(=O)NCCSc1ccccc1)n1c(=O)oc2ccccc21. The number of amides is 1. The van der Waals surface area contributed by atoms with Gasteiger partial charge in [-0.15, -0.1) is 11.8 Å². The average molecular weight is 342 g/mol. The zero-order chi connectivity index (χ0) is 16.9. The molecule has 0 spiro atoms. The lowest BCUT2D eigenvalue weighted by Gasteiger charge is -2.13. The van der Waals surface area contributed by atoms with Gasteiger partial charge in [-0.25, -0.2) is 4.79 Å². The van der Waals surface area contributed by atoms with E-state index in [1.54, 1.807) is 36.9 Å². The van der Waals surface area contributed by atoms with E-state index >= 15 is 0 Å². The van der Waals surface area contributed by atoms with Gasteiger partial charge in [-0.2, -0.15) is 0 Å². The molecule has 5 nitrogen and oxygen atoms in total. The molecule has 0 saturated carbocycles. The van der Waals surface area contributed by atoms with E-state index in [0.717, 1.165) is 10.6 Å². The summed E-state index contributed by atoms with van der Waals surface area (Å²) in [6.45, 7) is 2.23. The van der Waals surface area contributed by atoms with Crippen LogP contribution in [0.5, 0.6) is 0 Å². The molecule has 2 aromatic carbocycles. The summed E-state index contributed by atoms with van der Waals surface area (Å²) in [6.07, 6.45) is 0. The molecule has 0 unspecified atom stereocenters. The molecule has 124 valence electrons. The second-order valence-electron chi connectivity index (χ2n) is 5.33. The Kier molecular flexibility index (Phi) is 5.05. The van der Waals surface area contributed by atoms with Gasteiger partial charge in [0.2, 0.25) is 5.91 Å². The smallest absolute Gasteiger partial charge is 0.408 e. The third-order valence-electron chi connectivity index (χ3n) is 3.70. The van der Waals surface area contributed by atoms with E-state index in [0.29, 0.717) is 17.6 Å². The second-order valence-corrected chi connectivity index (χ2v) is 6.50. The number of oxazole rings is 1. The molecule has 1 amide bonds. The minimum absolute atomic E-state index is 0.197. The number of carbonyl (C=O) groups excluding carboxylic acids is 1. The van der Waals surface area contributed by atoms with Crippen LogP contribution in [0, 0.1) is 0 Å². The van der Waals surface area contributed by atoms with Gasteiger partial charge in [0, 0.05) is 17.2 Å². The minimum atomic E-state index is -0.622. The number of aromatic nitrogens is 1. The molecular formula is C18H18N2O3S. The zero-order valence-electron chi connectivity index (χ0n) is 13.3. The molecule has 1 aromatic heterocycles. The van der Waals surface area contributed by atoms with Crippen LogP contribution in [0.15, 0.2) is 68.7 Å². The predicted octanol–water partition coefficient (Wildman–Crippen LogP) is 3.06. The number of rotatable bonds is 6. The third-order valence-corrected chi connectivity index (χ3v) is 4.71. The lowest BCUT2D eigenvalue weighted by Crippen LogP contribution is -2.35. The first-order valence-electron chi connectivity index (χ1n) is 7.72. The Labute approximate surface area is 143 Å². The van der Waals surface area contributed by atoms with Gasteiger partial charge in [-0.3, -0.25) is 9.36 Å². The normalized spacial score (nSPS) is 12.2. The first-order valence-corrected chi connectivity index (χ1v) is 8.71. The number of carbonyl (C=O) groups is 1. The van der Waals surface area contributed by atoms with Gasteiger partial charge in [0.1, 0.15) is 6.04 Å². The molecule has 6 heteroatoms. The minimum Gasteiger partial charge on any atom is -0.408 e. The van der Waals surface area contributed by atoms with Gasteiger partial charge < -0.3 is 9.73 Å². The molecule has 1 N–H and O–H groups in total. The number of nitrogens with zero attached hydrogens (tertiary/aromatic N) is 1. The number of fused-ring (bicyclic) bond motifs is 1. The quantitative estimate of drug-likeness (QED) is 0.552. The van der Waals surface area contributed by atoms with E-state index in [9.17, 15) is 9.59 Å². The third kappa shape index (κ3) is 3.54. The van der Waals surface area contributed by atoms with Gasteiger partial charge in [0.25, 0.3) is 0 Å². The van der Waals surface area contributed by atoms with Crippen molar-refractivity contribution >= 4 is 28.8 Å². The monoisotopic (exact) mass is 342 g/mol. The zero-order valence-corrected chi connectivity index (χ0v) is 14.1. The lowest BCUT2D eigenvalue weighted by atomic mass is 10.2. The first-order chi connectivity index (χ1) is 11.7. The van der Waals surface area contributed by atoms with E-state index in [4.69, 9.17) is 4.42 Å². The summed E-state index contributed by atoms with van der Waals surface area (Å²) < 4.78 is 6.56. The van der Waals surface area contributed by atoms with E-state index in [1.807, 2.05) is 36.4 Å². The van der Waals surface area contributed by atoms with Gasteiger partial charge in [0.15, 0.2) is 5.58 Å². The summed E-state index contributed by atoms with van der Waals surface area (Å²) in [5, 5.41) is 2.87. The fourth-order valence-corrected chi connectivity index (χ4v) is 3.27. The molecule has 0 fully saturated rings. The van der Waals surface area contributed by atoms with Crippen molar-refractivity contribution in [2.45, 2.75) is 17.9 Å². The maximum atomic E-state index is 12.3. The van der Waals surface area contributed by atoms with Crippen LogP contribution in [0.2, 0.25) is 0 Å². The Morgan fingerprint density at radius 3 is 2.67 bits per heavy atom. The standard InChI is InChI=1S/C18H18N2O3S/c1-13(20-15-9-5-6-10-16(15)23-18(20)22)17(21)19-11-12-24-14-7-3-2-4-8-14/h2-10,13H,11-12H2,1H3,(H,19,21)/t13-/m1/s1. The Balaban J connectivity index is 1.60. The maximum absolute atomic E-state index is 12.3. The summed E-state index contributed by atoms with van der Waals surface area (Å²) in [6, 6.07) is 16.5. The van der Waals surface area contributed by atoms with Crippen LogP contribution in [0.3, 0.4) is 0 Å². The molecule has 1 heterocycles. The Hall–Kier alpha value is -2.47. The van der Waals surface area contributed by atoms with Crippen LogP contribution in [0.4, 0.5) is 0 Å². The van der Waals surface area contributed by atoms with Crippen molar-refractivity contribution in [2.24, 2.45) is 0 Å². The highest BCUT2D eigenvalue weighted by Gasteiger charge is 2.20. The topological polar surface area (TPSA) is 64.2 Å². The summed E-state index contributed by atoms with van der Waals surface area (Å²) in [7, 11) is 0. The highest BCUT2D eigenvalue weighted by molar-refractivity contribution is 7.99. The van der Waals surface area contributed by atoms with Gasteiger partial charge >= 0.3 is 5.76 Å². The number of para-hydroxylation sites is 2. The Morgan fingerprint density at radius 1 is 1.17 bits per heavy atom. The number of hydrogen-bond acceptors (Lipinski definition) is 4. The lowest BCUT2D eigenvalue weighted by molar-refractivity contribution is -0.123. The number of benzene rings is 2. The molecular weight excluding hydrogens is 324 g/mol. The Morgan fingerprint density at radius 2 is 1.88 bits per heavy atom. The molecule has 24 heavy (non-hydrogen) atoms. The molecule has 3 aromatic rings. The van der Waals surface area contributed by atoms with Crippen LogP contribution < -0.4 is 11.1 Å². The molecule has 0 aliphatic heterocycles. The van der Waals surface area contributed by atoms with Crippen LogP contribution in [0.1, 0.15) is 13.0 Å². The van der Waals surface area contributed by atoms with Gasteiger partial charge in [0.05, 0.1) is 5.52 Å². The maximum Gasteiger partial charge on any atom is 0.420 e. The summed E-state index contributed by atoms with van der Waals surface area (Å²) in [5.41, 5.74) is 1.12. The van der Waals surface area contributed by atoms with E-state index < -0.39 is 11.8 Å². The van der Waals surface area contributed by atoms with Crippen LogP contribution >= 0.6 is 11.8 Å². The summed E-state index contributed by atoms with van der Waals surface area (Å²) >= 11 is 1.68. The molecule has 0 aliphatic rings. The highest BCUT2D eigenvalue weighted by Crippen LogP contribution is 2.17. The van der Waals surface area contributed by atoms with E-state index in [2.05, 4.69) is 5.32 Å². The number of nitrogens with one attached hydrogen (secondary N) is 1. The van der Waals surface area contributed by atoms with E-state index in [-0.39, 0.29) is 5.91 Å². The summed E-state index contributed by atoms with van der Waals surface area (Å²) in [4.78, 5) is 25.5. The first kappa shape index (κ1) is 16.4. The molecule has 3 rings (SSSR count). The fraction of sp³-hybridized carbons (Fsp3) is 0.222. The van der Waals surface area contributed by atoms with Gasteiger partial charge in [-0.1, -0.05) is 30.3 Å². The van der Waals surface area contributed by atoms with Crippen molar-refractivity contribution in [1.82, 2.24) is 9.88 Å². The van der Waals surface area contributed by atoms with Crippen molar-refractivity contribution in [2.75, 3.05) is 12.3 Å². The number of thioether (sulfide) groups is 1. The van der Waals surface area contributed by atoms with Crippen molar-refractivity contribution in [3.63, 3.8) is 0 Å². The van der Waals surface area contributed by atoms with Gasteiger partial charge in [-0.05, 0) is 31.2 Å². The molecule has 0 aliphatic carbocycles. The van der Waals surface area contributed by atoms with E-state index in [1.165, 1.54) is 4.57 Å². The largest absolute Gasteiger partial charge is 0.420 e. The molecule has 0 radical (unpaired) electrons. The number of hydrogen-bond donors (Lipinski definition) is 1. The van der Waals surface area contributed by atoms with Crippen LogP contribution in [-0.2, 0) is 4.79 Å². The summed E-state index contributed by atoms with van der Waals surface area (Å²) in [5.74, 6) is 0.0542. The van der Waals surface area contributed by atoms with Crippen molar-refractivity contribution in [3.8, 4) is 0 Å². The average Bonchev–Trinajstić information content (AvgIpc) is 2.94. The second kappa shape index (κ2) is 7.40.